The topological polar surface area (TPSA) is 33.1 Å². The Bertz CT molecular complexity index is 341. The SMILES string of the molecule is C=CC[C@H](O)/C(C)=C/c1csc(C)n1.CC. The Balaban J connectivity index is 0.00000106. The van der Waals surface area contributed by atoms with Crippen LogP contribution in [-0.4, -0.2) is 16.2 Å². The van der Waals surface area contributed by atoms with Crippen molar-refractivity contribution in [3.63, 3.8) is 0 Å². The van der Waals surface area contributed by atoms with Crippen LogP contribution in [0.15, 0.2) is 23.6 Å². The molecule has 0 aliphatic rings. The van der Waals surface area contributed by atoms with Crippen molar-refractivity contribution in [1.82, 2.24) is 4.98 Å². The molecular weight excluding hydrogens is 218 g/mol. The first kappa shape index (κ1) is 15.1. The average Bonchev–Trinajstić information content (AvgIpc) is 2.67. The summed E-state index contributed by atoms with van der Waals surface area (Å²) in [5.74, 6) is 0. The molecule has 0 radical (unpaired) electrons. The lowest BCUT2D eigenvalue weighted by molar-refractivity contribution is 0.215. The second-order valence-corrected chi connectivity index (χ2v) is 4.28. The molecular formula is C13H21NOS. The van der Waals surface area contributed by atoms with E-state index in [-0.39, 0.29) is 0 Å². The highest BCUT2D eigenvalue weighted by molar-refractivity contribution is 7.09. The Labute approximate surface area is 102 Å². The van der Waals surface area contributed by atoms with Crippen molar-refractivity contribution >= 4 is 17.4 Å². The van der Waals surface area contributed by atoms with Crippen molar-refractivity contribution in [2.45, 2.75) is 40.2 Å². The number of hydrogen-bond donors (Lipinski definition) is 1. The van der Waals surface area contributed by atoms with E-state index in [1.807, 2.05) is 39.2 Å². The molecule has 0 amide bonds. The van der Waals surface area contributed by atoms with Gasteiger partial charge in [-0.15, -0.1) is 17.9 Å². The largest absolute Gasteiger partial charge is 0.388 e. The van der Waals surface area contributed by atoms with E-state index in [0.717, 1.165) is 16.3 Å². The molecule has 1 aromatic heterocycles. The highest BCUT2D eigenvalue weighted by Gasteiger charge is 2.04. The first-order valence-electron chi connectivity index (χ1n) is 5.52. The number of hydrogen-bond acceptors (Lipinski definition) is 3. The molecule has 1 heterocycles. The van der Waals surface area contributed by atoms with Gasteiger partial charge in [0.15, 0.2) is 0 Å². The molecule has 0 spiro atoms. The molecule has 16 heavy (non-hydrogen) atoms. The van der Waals surface area contributed by atoms with Gasteiger partial charge in [0, 0.05) is 5.38 Å². The molecule has 0 saturated carbocycles. The van der Waals surface area contributed by atoms with E-state index in [2.05, 4.69) is 11.6 Å². The summed E-state index contributed by atoms with van der Waals surface area (Å²) in [7, 11) is 0. The molecule has 1 atom stereocenters. The predicted octanol–water partition coefficient (Wildman–Crippen LogP) is 3.82. The van der Waals surface area contributed by atoms with Crippen LogP contribution in [-0.2, 0) is 0 Å². The molecule has 1 rings (SSSR count). The maximum atomic E-state index is 9.62. The summed E-state index contributed by atoms with van der Waals surface area (Å²) in [6, 6.07) is 0. The van der Waals surface area contributed by atoms with Crippen LogP contribution in [0.5, 0.6) is 0 Å². The Morgan fingerprint density at radius 1 is 1.62 bits per heavy atom. The second kappa shape index (κ2) is 8.25. The summed E-state index contributed by atoms with van der Waals surface area (Å²) in [6.45, 7) is 11.5. The molecule has 2 nitrogen and oxygen atoms in total. The Morgan fingerprint density at radius 2 is 2.25 bits per heavy atom. The van der Waals surface area contributed by atoms with Crippen molar-refractivity contribution in [3.05, 3.63) is 34.3 Å². The molecule has 0 fully saturated rings. The zero-order chi connectivity index (χ0) is 12.6. The Hall–Kier alpha value is -0.930. The maximum Gasteiger partial charge on any atom is 0.0901 e. The lowest BCUT2D eigenvalue weighted by Crippen LogP contribution is -2.05. The van der Waals surface area contributed by atoms with Gasteiger partial charge in [-0.25, -0.2) is 4.98 Å². The van der Waals surface area contributed by atoms with Crippen molar-refractivity contribution in [2.24, 2.45) is 0 Å². The minimum absolute atomic E-state index is 0.436. The molecule has 0 bridgehead atoms. The van der Waals surface area contributed by atoms with Crippen LogP contribution in [0.3, 0.4) is 0 Å². The Kier molecular flexibility index (Phi) is 7.77. The van der Waals surface area contributed by atoms with E-state index in [1.165, 1.54) is 0 Å². The van der Waals surface area contributed by atoms with Crippen LogP contribution < -0.4 is 0 Å². The minimum Gasteiger partial charge on any atom is -0.388 e. The quantitative estimate of drug-likeness (QED) is 0.810. The van der Waals surface area contributed by atoms with Gasteiger partial charge >= 0.3 is 0 Å². The number of thiazole rings is 1. The number of aliphatic hydroxyl groups is 1. The third-order valence-corrected chi connectivity index (χ3v) is 2.72. The third kappa shape index (κ3) is 5.24. The van der Waals surface area contributed by atoms with Gasteiger partial charge < -0.3 is 5.11 Å². The van der Waals surface area contributed by atoms with Gasteiger partial charge in [0.05, 0.1) is 16.8 Å². The predicted molar refractivity (Wildman–Crippen MR) is 72.7 cm³/mol. The molecule has 0 aromatic carbocycles. The zero-order valence-corrected chi connectivity index (χ0v) is 11.3. The van der Waals surface area contributed by atoms with Gasteiger partial charge in [0.1, 0.15) is 0 Å². The first-order valence-corrected chi connectivity index (χ1v) is 6.40. The molecule has 0 aliphatic heterocycles. The number of aliphatic hydroxyl groups excluding tert-OH is 1. The minimum atomic E-state index is -0.436. The number of nitrogens with zero attached hydrogens (tertiary/aromatic N) is 1. The van der Waals surface area contributed by atoms with E-state index in [0.29, 0.717) is 6.42 Å². The van der Waals surface area contributed by atoms with Crippen molar-refractivity contribution in [3.8, 4) is 0 Å². The third-order valence-electron chi connectivity index (χ3n) is 1.93. The molecule has 1 aromatic rings. The summed E-state index contributed by atoms with van der Waals surface area (Å²) in [4.78, 5) is 4.30. The summed E-state index contributed by atoms with van der Waals surface area (Å²) in [5.41, 5.74) is 1.85. The fourth-order valence-electron chi connectivity index (χ4n) is 1.12. The van der Waals surface area contributed by atoms with Crippen LogP contribution in [0.25, 0.3) is 6.08 Å². The maximum absolute atomic E-state index is 9.62. The highest BCUT2D eigenvalue weighted by Crippen LogP contribution is 2.14. The van der Waals surface area contributed by atoms with E-state index in [4.69, 9.17) is 0 Å². The second-order valence-electron chi connectivity index (χ2n) is 3.22. The summed E-state index contributed by atoms with van der Waals surface area (Å²) >= 11 is 1.61. The van der Waals surface area contributed by atoms with Crippen LogP contribution in [0.1, 0.15) is 37.9 Å². The monoisotopic (exact) mass is 239 g/mol. The fraction of sp³-hybridized carbons (Fsp3) is 0.462. The first-order chi connectivity index (χ1) is 7.63. The van der Waals surface area contributed by atoms with Gasteiger partial charge in [0.25, 0.3) is 0 Å². The fourth-order valence-corrected chi connectivity index (χ4v) is 1.69. The van der Waals surface area contributed by atoms with Gasteiger partial charge in [0.2, 0.25) is 0 Å². The van der Waals surface area contributed by atoms with E-state index in [9.17, 15) is 5.11 Å². The lowest BCUT2D eigenvalue weighted by Gasteiger charge is -2.07. The molecule has 0 aliphatic carbocycles. The number of aryl methyl sites for hydroxylation is 1. The van der Waals surface area contributed by atoms with E-state index >= 15 is 0 Å². The summed E-state index contributed by atoms with van der Waals surface area (Å²) < 4.78 is 0. The molecule has 1 N–H and O–H groups in total. The molecule has 0 unspecified atom stereocenters. The summed E-state index contributed by atoms with van der Waals surface area (Å²) in [6.07, 6.45) is 3.78. The van der Waals surface area contributed by atoms with Crippen molar-refractivity contribution < 1.29 is 5.11 Å². The normalized spacial score (nSPS) is 12.7. The van der Waals surface area contributed by atoms with Crippen molar-refractivity contribution in [2.75, 3.05) is 0 Å². The van der Waals surface area contributed by atoms with Gasteiger partial charge in [-0.05, 0) is 31.9 Å². The van der Waals surface area contributed by atoms with Gasteiger partial charge in [-0.2, -0.15) is 0 Å². The van der Waals surface area contributed by atoms with Crippen LogP contribution in [0.2, 0.25) is 0 Å². The Morgan fingerprint density at radius 3 is 2.69 bits per heavy atom. The van der Waals surface area contributed by atoms with Crippen molar-refractivity contribution in [1.29, 1.82) is 0 Å². The number of rotatable bonds is 4. The average molecular weight is 239 g/mol. The molecule has 3 heteroatoms. The standard InChI is InChI=1S/C11H15NOS.C2H6/c1-4-5-11(13)8(2)6-10-7-14-9(3)12-10;1-2/h4,6-7,11,13H,1,5H2,2-3H3;1-2H3/b8-6+;/t11-;/m0./s1. The van der Waals surface area contributed by atoms with Gasteiger partial charge in [-0.1, -0.05) is 19.9 Å². The highest BCUT2D eigenvalue weighted by atomic mass is 32.1. The smallest absolute Gasteiger partial charge is 0.0901 e. The molecule has 0 saturated heterocycles. The van der Waals surface area contributed by atoms with Crippen LogP contribution in [0, 0.1) is 6.92 Å². The molecule has 90 valence electrons. The lowest BCUT2D eigenvalue weighted by atomic mass is 10.1. The van der Waals surface area contributed by atoms with Crippen LogP contribution in [0.4, 0.5) is 0 Å². The van der Waals surface area contributed by atoms with Crippen LogP contribution >= 0.6 is 11.3 Å². The summed E-state index contributed by atoms with van der Waals surface area (Å²) in [5, 5.41) is 12.7. The zero-order valence-electron chi connectivity index (χ0n) is 10.5. The van der Waals surface area contributed by atoms with Gasteiger partial charge in [-0.3, -0.25) is 0 Å². The van der Waals surface area contributed by atoms with E-state index in [1.54, 1.807) is 17.4 Å². The van der Waals surface area contributed by atoms with E-state index < -0.39 is 6.10 Å². The number of aromatic nitrogens is 1.